The second-order valence-corrected chi connectivity index (χ2v) is 5.12. The van der Waals surface area contributed by atoms with Gasteiger partial charge in [0.15, 0.2) is 5.65 Å². The van der Waals surface area contributed by atoms with Crippen molar-refractivity contribution in [3.05, 3.63) is 22.8 Å². The average molecular weight is 296 g/mol. The van der Waals surface area contributed by atoms with E-state index in [0.29, 0.717) is 12.6 Å². The third kappa shape index (κ3) is 1.81. The van der Waals surface area contributed by atoms with Crippen LogP contribution in [0.3, 0.4) is 0 Å². The molecule has 90 valence electrons. The lowest BCUT2D eigenvalue weighted by Gasteiger charge is -2.21. The van der Waals surface area contributed by atoms with Crippen LogP contribution >= 0.6 is 15.9 Å². The van der Waals surface area contributed by atoms with Gasteiger partial charge in [0, 0.05) is 25.3 Å². The van der Waals surface area contributed by atoms with Crippen LogP contribution in [0.25, 0.3) is 5.65 Å². The second-order valence-electron chi connectivity index (χ2n) is 4.26. The van der Waals surface area contributed by atoms with E-state index in [2.05, 4.69) is 30.9 Å². The van der Waals surface area contributed by atoms with Gasteiger partial charge in [-0.25, -0.2) is 4.52 Å². The van der Waals surface area contributed by atoms with Crippen LogP contribution in [-0.2, 0) is 0 Å². The van der Waals surface area contributed by atoms with Crippen LogP contribution in [-0.4, -0.2) is 33.7 Å². The lowest BCUT2D eigenvalue weighted by molar-refractivity contribution is 0.664. The van der Waals surface area contributed by atoms with Crippen LogP contribution in [0.2, 0.25) is 0 Å². The molecule has 2 N–H and O–H groups in total. The summed E-state index contributed by atoms with van der Waals surface area (Å²) in [6.45, 7) is 1.66. The van der Waals surface area contributed by atoms with E-state index in [-0.39, 0.29) is 0 Å². The Hall–Kier alpha value is -1.14. The van der Waals surface area contributed by atoms with Gasteiger partial charge in [-0.05, 0) is 40.9 Å². The monoisotopic (exact) mass is 295 g/mol. The molecule has 1 saturated heterocycles. The van der Waals surface area contributed by atoms with Crippen LogP contribution in [0.5, 0.6) is 0 Å². The Morgan fingerprint density at radius 3 is 3.18 bits per heavy atom. The molecule has 1 atom stereocenters. The van der Waals surface area contributed by atoms with Gasteiger partial charge in [0.25, 0.3) is 0 Å². The molecule has 0 aromatic carbocycles. The number of hydrogen-bond donors (Lipinski definition) is 1. The molecule has 3 heterocycles. The Morgan fingerprint density at radius 1 is 1.53 bits per heavy atom. The number of nitrogens with zero attached hydrogens (tertiary/aromatic N) is 4. The molecular formula is C11H14BrN5. The zero-order valence-electron chi connectivity index (χ0n) is 9.38. The van der Waals surface area contributed by atoms with Crippen LogP contribution in [0, 0.1) is 0 Å². The standard InChI is InChI=1S/C11H14BrN5/c12-9-4-2-6-17-10(9)14-11(15-17)16-5-1-3-8(16)7-13/h2,4,6,8H,1,3,5,7,13H2. The van der Waals surface area contributed by atoms with E-state index in [0.717, 1.165) is 29.0 Å². The zero-order valence-corrected chi connectivity index (χ0v) is 11.0. The highest BCUT2D eigenvalue weighted by Crippen LogP contribution is 2.24. The predicted molar refractivity (Wildman–Crippen MR) is 70.1 cm³/mol. The normalized spacial score (nSPS) is 20.4. The van der Waals surface area contributed by atoms with Crippen LogP contribution in [0.15, 0.2) is 22.8 Å². The molecular weight excluding hydrogens is 282 g/mol. The van der Waals surface area contributed by atoms with Crippen LogP contribution < -0.4 is 10.6 Å². The molecule has 17 heavy (non-hydrogen) atoms. The van der Waals surface area contributed by atoms with E-state index < -0.39 is 0 Å². The molecule has 1 unspecified atom stereocenters. The van der Waals surface area contributed by atoms with E-state index in [1.165, 1.54) is 6.42 Å². The molecule has 1 aliphatic heterocycles. The number of fused-ring (bicyclic) bond motifs is 1. The Kier molecular flexibility index (Phi) is 2.76. The molecule has 0 amide bonds. The second kappa shape index (κ2) is 4.27. The van der Waals surface area contributed by atoms with Crippen molar-refractivity contribution in [2.75, 3.05) is 18.0 Å². The maximum atomic E-state index is 5.77. The van der Waals surface area contributed by atoms with E-state index in [1.54, 1.807) is 4.52 Å². The van der Waals surface area contributed by atoms with Crippen molar-refractivity contribution >= 4 is 27.5 Å². The minimum absolute atomic E-state index is 0.381. The molecule has 0 spiro atoms. The first-order valence-electron chi connectivity index (χ1n) is 5.77. The molecule has 0 saturated carbocycles. The van der Waals surface area contributed by atoms with Crippen LogP contribution in [0.4, 0.5) is 5.95 Å². The number of pyridine rings is 1. The first-order chi connectivity index (χ1) is 8.29. The summed E-state index contributed by atoms with van der Waals surface area (Å²) in [5.41, 5.74) is 6.62. The summed E-state index contributed by atoms with van der Waals surface area (Å²) in [6.07, 6.45) is 4.20. The fourth-order valence-electron chi connectivity index (χ4n) is 2.33. The highest BCUT2D eigenvalue weighted by atomic mass is 79.9. The number of hydrogen-bond acceptors (Lipinski definition) is 4. The van der Waals surface area contributed by atoms with Crippen molar-refractivity contribution in [2.45, 2.75) is 18.9 Å². The summed E-state index contributed by atoms with van der Waals surface area (Å²) in [6, 6.07) is 4.30. The van der Waals surface area contributed by atoms with Gasteiger partial charge in [-0.1, -0.05) is 0 Å². The first kappa shape index (κ1) is 11.0. The number of nitrogens with two attached hydrogens (primary N) is 1. The molecule has 1 aliphatic rings. The minimum atomic E-state index is 0.381. The van der Waals surface area contributed by atoms with Gasteiger partial charge >= 0.3 is 0 Å². The molecule has 0 bridgehead atoms. The van der Waals surface area contributed by atoms with Gasteiger partial charge < -0.3 is 10.6 Å². The van der Waals surface area contributed by atoms with Gasteiger partial charge in [-0.15, -0.1) is 5.10 Å². The van der Waals surface area contributed by atoms with Gasteiger partial charge in [-0.2, -0.15) is 4.98 Å². The van der Waals surface area contributed by atoms with E-state index >= 15 is 0 Å². The van der Waals surface area contributed by atoms with Gasteiger partial charge in [-0.3, -0.25) is 0 Å². The summed E-state index contributed by atoms with van der Waals surface area (Å²) < 4.78 is 2.76. The van der Waals surface area contributed by atoms with Crippen molar-refractivity contribution < 1.29 is 0 Å². The van der Waals surface area contributed by atoms with Gasteiger partial charge in [0.1, 0.15) is 0 Å². The molecule has 0 radical (unpaired) electrons. The van der Waals surface area contributed by atoms with E-state index in [4.69, 9.17) is 5.73 Å². The number of aromatic nitrogens is 3. The molecule has 0 aliphatic carbocycles. The largest absolute Gasteiger partial charge is 0.335 e. The lowest BCUT2D eigenvalue weighted by Crippen LogP contribution is -2.36. The lowest BCUT2D eigenvalue weighted by atomic mass is 10.2. The van der Waals surface area contributed by atoms with E-state index in [9.17, 15) is 0 Å². The highest BCUT2D eigenvalue weighted by Gasteiger charge is 2.26. The molecule has 5 nitrogen and oxygen atoms in total. The SMILES string of the molecule is NCC1CCCN1c1nc2c(Br)cccn2n1. The van der Waals surface area contributed by atoms with Crippen molar-refractivity contribution in [2.24, 2.45) is 5.73 Å². The number of rotatable bonds is 2. The van der Waals surface area contributed by atoms with Gasteiger partial charge in [0.05, 0.1) is 4.47 Å². The zero-order chi connectivity index (χ0) is 11.8. The van der Waals surface area contributed by atoms with Gasteiger partial charge in [0.2, 0.25) is 5.95 Å². The summed E-state index contributed by atoms with van der Waals surface area (Å²) in [5.74, 6) is 0.782. The molecule has 3 rings (SSSR count). The quantitative estimate of drug-likeness (QED) is 0.910. The average Bonchev–Trinajstić information content (AvgIpc) is 2.94. The summed E-state index contributed by atoms with van der Waals surface area (Å²) in [7, 11) is 0. The third-order valence-electron chi connectivity index (χ3n) is 3.21. The molecule has 6 heteroatoms. The topological polar surface area (TPSA) is 59.5 Å². The maximum Gasteiger partial charge on any atom is 0.246 e. The first-order valence-corrected chi connectivity index (χ1v) is 6.56. The smallest absolute Gasteiger partial charge is 0.246 e. The third-order valence-corrected chi connectivity index (χ3v) is 3.83. The molecule has 1 fully saturated rings. The predicted octanol–water partition coefficient (Wildman–Crippen LogP) is 1.42. The highest BCUT2D eigenvalue weighted by molar-refractivity contribution is 9.10. The van der Waals surface area contributed by atoms with Crippen molar-refractivity contribution in [1.82, 2.24) is 14.6 Å². The minimum Gasteiger partial charge on any atom is -0.335 e. The maximum absolute atomic E-state index is 5.77. The van der Waals surface area contributed by atoms with Crippen LogP contribution in [0.1, 0.15) is 12.8 Å². The van der Waals surface area contributed by atoms with Crippen molar-refractivity contribution in [1.29, 1.82) is 0 Å². The number of halogens is 1. The molecule has 2 aromatic heterocycles. The summed E-state index contributed by atoms with van der Waals surface area (Å²) in [4.78, 5) is 6.78. The Balaban J connectivity index is 2.03. The summed E-state index contributed by atoms with van der Waals surface area (Å²) >= 11 is 3.48. The number of anilines is 1. The fraction of sp³-hybridized carbons (Fsp3) is 0.455. The molecule has 2 aromatic rings. The fourth-order valence-corrected chi connectivity index (χ4v) is 2.75. The van der Waals surface area contributed by atoms with E-state index in [1.807, 2.05) is 18.3 Å². The van der Waals surface area contributed by atoms with Crippen molar-refractivity contribution in [3.8, 4) is 0 Å². The Morgan fingerprint density at radius 2 is 2.41 bits per heavy atom. The summed E-state index contributed by atoms with van der Waals surface area (Å²) in [5, 5.41) is 4.50. The van der Waals surface area contributed by atoms with Crippen molar-refractivity contribution in [3.63, 3.8) is 0 Å². The Bertz CT molecular complexity index is 538. The Labute approximate surface area is 108 Å².